The second-order valence-electron chi connectivity index (χ2n) is 5.30. The Balaban J connectivity index is 1.68. The number of hydrogen-bond donors (Lipinski definition) is 2. The lowest BCUT2D eigenvalue weighted by molar-refractivity contribution is -0.125. The van der Waals surface area contributed by atoms with E-state index in [1.54, 1.807) is 24.3 Å². The Morgan fingerprint density at radius 3 is 2.28 bits per heavy atom. The van der Waals surface area contributed by atoms with Crippen molar-refractivity contribution in [3.8, 4) is 0 Å². The highest BCUT2D eigenvalue weighted by Crippen LogP contribution is 2.13. The first-order valence-corrected chi connectivity index (χ1v) is 7.65. The van der Waals surface area contributed by atoms with Crippen LogP contribution in [0.1, 0.15) is 22.0 Å². The Labute approximate surface area is 143 Å². The molecule has 1 atom stereocenters. The summed E-state index contributed by atoms with van der Waals surface area (Å²) in [7, 11) is 0. The SMILES string of the molecule is O=C(NNC(=O)C(Cc1ccccc1)n1cnnn1)c1ccccc1. The fraction of sp³-hybridized carbons (Fsp3) is 0.118. The maximum Gasteiger partial charge on any atom is 0.269 e. The lowest BCUT2D eigenvalue weighted by atomic mass is 10.1. The standard InChI is InChI=1S/C17H16N6O2/c24-16(14-9-5-2-6-10-14)19-20-17(25)15(23-12-18-21-22-23)11-13-7-3-1-4-8-13/h1-10,12,15H,11H2,(H,19,24)(H,20,25). The van der Waals surface area contributed by atoms with Crippen LogP contribution in [0.2, 0.25) is 0 Å². The molecule has 126 valence electrons. The highest BCUT2D eigenvalue weighted by atomic mass is 16.2. The largest absolute Gasteiger partial charge is 0.271 e. The molecule has 0 bridgehead atoms. The molecule has 3 rings (SSSR count). The fourth-order valence-corrected chi connectivity index (χ4v) is 2.32. The topological polar surface area (TPSA) is 102 Å². The van der Waals surface area contributed by atoms with E-state index in [1.165, 1.54) is 11.0 Å². The van der Waals surface area contributed by atoms with Gasteiger partial charge in [-0.2, -0.15) is 0 Å². The lowest BCUT2D eigenvalue weighted by Gasteiger charge is -2.16. The van der Waals surface area contributed by atoms with E-state index < -0.39 is 17.9 Å². The minimum absolute atomic E-state index is 0.388. The zero-order valence-electron chi connectivity index (χ0n) is 13.2. The molecule has 3 aromatic rings. The number of rotatable bonds is 5. The van der Waals surface area contributed by atoms with Crippen molar-refractivity contribution in [1.82, 2.24) is 31.1 Å². The molecule has 0 saturated heterocycles. The van der Waals surface area contributed by atoms with Crippen molar-refractivity contribution in [1.29, 1.82) is 0 Å². The van der Waals surface area contributed by atoms with E-state index in [0.29, 0.717) is 12.0 Å². The van der Waals surface area contributed by atoms with Crippen LogP contribution < -0.4 is 10.9 Å². The van der Waals surface area contributed by atoms with Gasteiger partial charge in [0, 0.05) is 12.0 Å². The molecule has 0 fully saturated rings. The summed E-state index contributed by atoms with van der Waals surface area (Å²) < 4.78 is 1.36. The summed E-state index contributed by atoms with van der Waals surface area (Å²) in [5, 5.41) is 11.0. The molecule has 8 heteroatoms. The number of nitrogens with one attached hydrogen (secondary N) is 2. The number of tetrazole rings is 1. The Hall–Kier alpha value is -3.55. The molecule has 0 aliphatic rings. The van der Waals surface area contributed by atoms with Crippen molar-refractivity contribution >= 4 is 11.8 Å². The van der Waals surface area contributed by atoms with E-state index in [9.17, 15) is 9.59 Å². The van der Waals surface area contributed by atoms with E-state index in [4.69, 9.17) is 0 Å². The fourth-order valence-electron chi connectivity index (χ4n) is 2.32. The zero-order valence-corrected chi connectivity index (χ0v) is 13.2. The molecule has 0 spiro atoms. The molecule has 2 aromatic carbocycles. The van der Waals surface area contributed by atoms with Gasteiger partial charge < -0.3 is 0 Å². The van der Waals surface area contributed by atoms with Gasteiger partial charge in [0.1, 0.15) is 12.4 Å². The van der Waals surface area contributed by atoms with E-state index in [1.807, 2.05) is 36.4 Å². The van der Waals surface area contributed by atoms with Crippen LogP contribution in [0.3, 0.4) is 0 Å². The molecule has 2 amide bonds. The van der Waals surface area contributed by atoms with Crippen LogP contribution in [0, 0.1) is 0 Å². The summed E-state index contributed by atoms with van der Waals surface area (Å²) in [4.78, 5) is 24.6. The molecule has 1 unspecified atom stereocenters. The number of carbonyl (C=O) groups is 2. The van der Waals surface area contributed by atoms with Gasteiger partial charge >= 0.3 is 0 Å². The monoisotopic (exact) mass is 336 g/mol. The van der Waals surface area contributed by atoms with Crippen molar-refractivity contribution in [3.63, 3.8) is 0 Å². The molecule has 1 aromatic heterocycles. The summed E-state index contributed by atoms with van der Waals surface area (Å²) in [6, 6.07) is 17.4. The van der Waals surface area contributed by atoms with Gasteiger partial charge in [-0.3, -0.25) is 20.4 Å². The summed E-state index contributed by atoms with van der Waals surface area (Å²) in [5.74, 6) is -0.815. The maximum atomic E-state index is 12.5. The first-order valence-electron chi connectivity index (χ1n) is 7.65. The minimum Gasteiger partial charge on any atom is -0.271 e. The normalized spacial score (nSPS) is 11.5. The van der Waals surface area contributed by atoms with E-state index in [0.717, 1.165) is 5.56 Å². The average Bonchev–Trinajstić information content (AvgIpc) is 3.20. The van der Waals surface area contributed by atoms with Gasteiger partial charge in [0.25, 0.3) is 11.8 Å². The molecular weight excluding hydrogens is 320 g/mol. The van der Waals surface area contributed by atoms with Gasteiger partial charge in [-0.05, 0) is 28.1 Å². The summed E-state index contributed by atoms with van der Waals surface area (Å²) in [5.41, 5.74) is 6.24. The second kappa shape index (κ2) is 7.82. The van der Waals surface area contributed by atoms with Gasteiger partial charge in [-0.25, -0.2) is 4.68 Å². The minimum atomic E-state index is -0.687. The second-order valence-corrected chi connectivity index (χ2v) is 5.30. The van der Waals surface area contributed by atoms with E-state index >= 15 is 0 Å². The zero-order chi connectivity index (χ0) is 17.5. The molecular formula is C17H16N6O2. The lowest BCUT2D eigenvalue weighted by Crippen LogP contribution is -2.45. The quantitative estimate of drug-likeness (QED) is 0.675. The number of amides is 2. The van der Waals surface area contributed by atoms with Crippen LogP contribution in [0.5, 0.6) is 0 Å². The van der Waals surface area contributed by atoms with Crippen LogP contribution in [-0.4, -0.2) is 32.0 Å². The van der Waals surface area contributed by atoms with Crippen LogP contribution in [0.4, 0.5) is 0 Å². The Kier molecular flexibility index (Phi) is 5.10. The van der Waals surface area contributed by atoms with Crippen LogP contribution in [-0.2, 0) is 11.2 Å². The Morgan fingerprint density at radius 1 is 0.960 bits per heavy atom. The van der Waals surface area contributed by atoms with Crippen molar-refractivity contribution in [3.05, 3.63) is 78.1 Å². The van der Waals surface area contributed by atoms with Gasteiger partial charge in [0.2, 0.25) is 0 Å². The van der Waals surface area contributed by atoms with E-state index in [-0.39, 0.29) is 0 Å². The molecule has 2 N–H and O–H groups in total. The molecule has 0 saturated carbocycles. The van der Waals surface area contributed by atoms with Gasteiger partial charge in [0.05, 0.1) is 0 Å². The number of nitrogens with zero attached hydrogens (tertiary/aromatic N) is 4. The Bertz CT molecular complexity index is 821. The van der Waals surface area contributed by atoms with Gasteiger partial charge in [0.15, 0.2) is 0 Å². The Morgan fingerprint density at radius 2 is 1.64 bits per heavy atom. The number of hydrogen-bond acceptors (Lipinski definition) is 5. The third-order valence-corrected chi connectivity index (χ3v) is 3.59. The first kappa shape index (κ1) is 16.3. The van der Waals surface area contributed by atoms with Crippen molar-refractivity contribution in [2.24, 2.45) is 0 Å². The van der Waals surface area contributed by atoms with Crippen molar-refractivity contribution in [2.75, 3.05) is 0 Å². The van der Waals surface area contributed by atoms with Gasteiger partial charge in [-0.15, -0.1) is 5.10 Å². The van der Waals surface area contributed by atoms with Crippen molar-refractivity contribution < 1.29 is 9.59 Å². The molecule has 0 aliphatic heterocycles. The maximum absolute atomic E-state index is 12.5. The molecule has 1 heterocycles. The molecule has 0 aliphatic carbocycles. The van der Waals surface area contributed by atoms with Gasteiger partial charge in [-0.1, -0.05) is 48.5 Å². The summed E-state index contributed by atoms with van der Waals surface area (Å²) in [6.45, 7) is 0. The first-order chi connectivity index (χ1) is 12.2. The average molecular weight is 336 g/mol. The third kappa shape index (κ3) is 4.25. The van der Waals surface area contributed by atoms with Crippen LogP contribution >= 0.6 is 0 Å². The highest BCUT2D eigenvalue weighted by molar-refractivity contribution is 5.95. The summed E-state index contributed by atoms with van der Waals surface area (Å²) in [6.07, 6.45) is 1.76. The molecule has 0 radical (unpaired) electrons. The number of hydrazine groups is 1. The number of aromatic nitrogens is 4. The molecule has 8 nitrogen and oxygen atoms in total. The molecule has 25 heavy (non-hydrogen) atoms. The highest BCUT2D eigenvalue weighted by Gasteiger charge is 2.22. The predicted octanol–water partition coefficient (Wildman–Crippen LogP) is 0.918. The van der Waals surface area contributed by atoms with Crippen LogP contribution in [0.25, 0.3) is 0 Å². The smallest absolute Gasteiger partial charge is 0.269 e. The third-order valence-electron chi connectivity index (χ3n) is 3.59. The van der Waals surface area contributed by atoms with E-state index in [2.05, 4.69) is 26.4 Å². The number of benzene rings is 2. The predicted molar refractivity (Wildman–Crippen MR) is 89.1 cm³/mol. The van der Waals surface area contributed by atoms with Crippen LogP contribution in [0.15, 0.2) is 67.0 Å². The number of carbonyl (C=O) groups excluding carboxylic acids is 2. The van der Waals surface area contributed by atoms with Crippen molar-refractivity contribution in [2.45, 2.75) is 12.5 Å². The summed E-state index contributed by atoms with van der Waals surface area (Å²) >= 11 is 0.